The fourth-order valence-corrected chi connectivity index (χ4v) is 3.67. The number of aromatic nitrogens is 2. The van der Waals surface area contributed by atoms with Gasteiger partial charge >= 0.3 is 0 Å². The van der Waals surface area contributed by atoms with E-state index in [0.29, 0.717) is 30.3 Å². The lowest BCUT2D eigenvalue weighted by Gasteiger charge is -2.23. The van der Waals surface area contributed by atoms with Crippen molar-refractivity contribution in [3.63, 3.8) is 0 Å². The Balaban J connectivity index is 1.68. The molecule has 1 aliphatic heterocycles. The van der Waals surface area contributed by atoms with Crippen molar-refractivity contribution < 1.29 is 13.6 Å². The van der Waals surface area contributed by atoms with Crippen LogP contribution < -0.4 is 5.73 Å². The Morgan fingerprint density at radius 1 is 1.43 bits per heavy atom. The summed E-state index contributed by atoms with van der Waals surface area (Å²) < 4.78 is 19.7. The van der Waals surface area contributed by atoms with E-state index in [0.717, 1.165) is 18.4 Å². The standard InChI is InChI=1S/C23H27FN4O2/c1-3-8-16(9-4-2)22-26-27-23(30-22)20-12-7-13-28(20)21(29)15-18(25)14-17-10-5-6-11-19(17)24/h3-6,8-11,18,20H,1,7,12-15,25H2,2H3/t18-,20+/m1/s1. The van der Waals surface area contributed by atoms with E-state index in [1.807, 2.05) is 19.1 Å². The number of rotatable bonds is 8. The van der Waals surface area contributed by atoms with Crippen LogP contribution >= 0.6 is 0 Å². The van der Waals surface area contributed by atoms with E-state index in [1.165, 1.54) is 6.07 Å². The quantitative estimate of drug-likeness (QED) is 0.666. The molecule has 0 bridgehead atoms. The predicted molar refractivity (Wildman–Crippen MR) is 114 cm³/mol. The molecule has 1 saturated heterocycles. The highest BCUT2D eigenvalue weighted by Crippen LogP contribution is 2.32. The Bertz CT molecular complexity index is 950. The Morgan fingerprint density at radius 3 is 2.97 bits per heavy atom. The number of hydrogen-bond acceptors (Lipinski definition) is 5. The SMILES string of the molecule is C=CC=C(C=CC)c1nnc([C@@H]2CCCN2C(=O)C[C@H](N)Cc2ccccc2F)o1. The van der Waals surface area contributed by atoms with Crippen LogP contribution in [0, 0.1) is 5.82 Å². The highest BCUT2D eigenvalue weighted by Gasteiger charge is 2.34. The normalized spacial score (nSPS) is 18.2. The van der Waals surface area contributed by atoms with E-state index in [1.54, 1.807) is 35.3 Å². The Labute approximate surface area is 176 Å². The van der Waals surface area contributed by atoms with E-state index < -0.39 is 6.04 Å². The van der Waals surface area contributed by atoms with Gasteiger partial charge in [-0.05, 0) is 37.8 Å². The van der Waals surface area contributed by atoms with Gasteiger partial charge in [0.1, 0.15) is 11.9 Å². The minimum atomic E-state index is -0.467. The number of carbonyl (C=O) groups is 1. The molecule has 2 aromatic rings. The van der Waals surface area contributed by atoms with Gasteiger partial charge in [-0.3, -0.25) is 4.79 Å². The molecular formula is C23H27FN4O2. The number of carbonyl (C=O) groups excluding carboxylic acids is 1. The fraction of sp³-hybridized carbons (Fsp3) is 0.348. The van der Waals surface area contributed by atoms with Crippen LogP contribution in [0.25, 0.3) is 5.57 Å². The molecule has 158 valence electrons. The Hall–Kier alpha value is -3.06. The van der Waals surface area contributed by atoms with Crippen LogP contribution in [0.1, 0.15) is 49.6 Å². The summed E-state index contributed by atoms with van der Waals surface area (Å²) in [7, 11) is 0. The van der Waals surface area contributed by atoms with Gasteiger partial charge < -0.3 is 15.1 Å². The number of hydrogen-bond donors (Lipinski definition) is 1. The first-order valence-corrected chi connectivity index (χ1v) is 10.1. The van der Waals surface area contributed by atoms with Crippen LogP contribution in [-0.4, -0.2) is 33.6 Å². The fourth-order valence-electron chi connectivity index (χ4n) is 3.67. The summed E-state index contributed by atoms with van der Waals surface area (Å²) in [5, 5.41) is 8.30. The molecule has 2 heterocycles. The van der Waals surface area contributed by atoms with Crippen molar-refractivity contribution in [3.05, 3.63) is 78.3 Å². The van der Waals surface area contributed by atoms with E-state index in [2.05, 4.69) is 16.8 Å². The largest absolute Gasteiger partial charge is 0.418 e. The van der Waals surface area contributed by atoms with Crippen molar-refractivity contribution in [2.24, 2.45) is 5.73 Å². The second-order valence-corrected chi connectivity index (χ2v) is 7.31. The zero-order chi connectivity index (χ0) is 21.5. The van der Waals surface area contributed by atoms with Crippen LogP contribution in [0.3, 0.4) is 0 Å². The molecule has 0 radical (unpaired) electrons. The topological polar surface area (TPSA) is 85.2 Å². The lowest BCUT2D eigenvalue weighted by atomic mass is 10.0. The summed E-state index contributed by atoms with van der Waals surface area (Å²) in [6.45, 7) is 6.21. The molecule has 1 aliphatic rings. The highest BCUT2D eigenvalue weighted by molar-refractivity contribution is 5.77. The Kier molecular flexibility index (Phi) is 7.30. The predicted octanol–water partition coefficient (Wildman–Crippen LogP) is 3.98. The second kappa shape index (κ2) is 10.1. The third-order valence-corrected chi connectivity index (χ3v) is 5.07. The van der Waals surface area contributed by atoms with Crippen LogP contribution in [0.4, 0.5) is 4.39 Å². The molecule has 0 aliphatic carbocycles. The summed E-state index contributed by atoms with van der Waals surface area (Å²) in [6, 6.07) is 5.75. The third kappa shape index (κ3) is 5.10. The van der Waals surface area contributed by atoms with Gasteiger partial charge in [0.15, 0.2) is 0 Å². The van der Waals surface area contributed by atoms with Crippen molar-refractivity contribution in [2.75, 3.05) is 6.54 Å². The van der Waals surface area contributed by atoms with Gasteiger partial charge in [0.25, 0.3) is 0 Å². The molecule has 30 heavy (non-hydrogen) atoms. The van der Waals surface area contributed by atoms with Crippen molar-refractivity contribution in [2.45, 2.75) is 44.7 Å². The molecule has 1 fully saturated rings. The first-order chi connectivity index (χ1) is 14.5. The molecular weight excluding hydrogens is 383 g/mol. The van der Waals surface area contributed by atoms with E-state index in [4.69, 9.17) is 10.2 Å². The summed E-state index contributed by atoms with van der Waals surface area (Å²) in [5.74, 6) is 0.412. The number of amides is 1. The number of nitrogens with zero attached hydrogens (tertiary/aromatic N) is 3. The number of likely N-dealkylation sites (tertiary alicyclic amines) is 1. The number of benzene rings is 1. The van der Waals surface area contributed by atoms with Gasteiger partial charge in [-0.1, -0.05) is 49.1 Å². The lowest BCUT2D eigenvalue weighted by molar-refractivity contribution is -0.132. The third-order valence-electron chi connectivity index (χ3n) is 5.07. The maximum absolute atomic E-state index is 13.9. The van der Waals surface area contributed by atoms with E-state index >= 15 is 0 Å². The van der Waals surface area contributed by atoms with Crippen molar-refractivity contribution in [1.29, 1.82) is 0 Å². The average molecular weight is 410 g/mol. The second-order valence-electron chi connectivity index (χ2n) is 7.31. The van der Waals surface area contributed by atoms with Gasteiger partial charge in [0.05, 0.1) is 0 Å². The molecule has 1 aromatic carbocycles. The monoisotopic (exact) mass is 410 g/mol. The van der Waals surface area contributed by atoms with Crippen molar-refractivity contribution >= 4 is 11.5 Å². The maximum Gasteiger partial charge on any atom is 0.247 e. The van der Waals surface area contributed by atoms with Gasteiger partial charge in [-0.15, -0.1) is 10.2 Å². The minimum absolute atomic E-state index is 0.0867. The summed E-state index contributed by atoms with van der Waals surface area (Å²) >= 11 is 0. The molecule has 7 heteroatoms. The molecule has 1 amide bonds. The van der Waals surface area contributed by atoms with Crippen molar-refractivity contribution in [1.82, 2.24) is 15.1 Å². The summed E-state index contributed by atoms with van der Waals surface area (Å²) in [5.41, 5.74) is 7.42. The number of allylic oxidation sites excluding steroid dienone is 5. The first kappa shape index (κ1) is 21.6. The van der Waals surface area contributed by atoms with Crippen LogP contribution in [0.2, 0.25) is 0 Å². The van der Waals surface area contributed by atoms with Gasteiger partial charge in [-0.2, -0.15) is 0 Å². The minimum Gasteiger partial charge on any atom is -0.418 e. The van der Waals surface area contributed by atoms with Crippen LogP contribution in [0.15, 0.2) is 59.6 Å². The van der Waals surface area contributed by atoms with Gasteiger partial charge in [-0.25, -0.2) is 4.39 Å². The Morgan fingerprint density at radius 2 is 2.23 bits per heavy atom. The van der Waals surface area contributed by atoms with E-state index in [9.17, 15) is 9.18 Å². The van der Waals surface area contributed by atoms with Gasteiger partial charge in [0.2, 0.25) is 17.7 Å². The van der Waals surface area contributed by atoms with Crippen LogP contribution in [-0.2, 0) is 11.2 Å². The molecule has 6 nitrogen and oxygen atoms in total. The van der Waals surface area contributed by atoms with E-state index in [-0.39, 0.29) is 24.2 Å². The first-order valence-electron chi connectivity index (χ1n) is 10.1. The molecule has 2 atom stereocenters. The zero-order valence-corrected chi connectivity index (χ0v) is 17.1. The smallest absolute Gasteiger partial charge is 0.247 e. The molecule has 3 rings (SSSR count). The number of nitrogens with two attached hydrogens (primary N) is 1. The van der Waals surface area contributed by atoms with Crippen LogP contribution in [0.5, 0.6) is 0 Å². The molecule has 2 N–H and O–H groups in total. The molecule has 1 aromatic heterocycles. The summed E-state index contributed by atoms with van der Waals surface area (Å²) in [6.07, 6.45) is 9.21. The average Bonchev–Trinajstić information content (AvgIpc) is 3.39. The number of halogens is 1. The molecule has 0 saturated carbocycles. The summed E-state index contributed by atoms with van der Waals surface area (Å²) in [4.78, 5) is 14.6. The maximum atomic E-state index is 13.9. The highest BCUT2D eigenvalue weighted by atomic mass is 19.1. The lowest BCUT2D eigenvalue weighted by Crippen LogP contribution is -2.36. The van der Waals surface area contributed by atoms with Crippen molar-refractivity contribution in [3.8, 4) is 0 Å². The molecule has 0 spiro atoms. The molecule has 0 unspecified atom stereocenters. The zero-order valence-electron chi connectivity index (χ0n) is 17.1. The van der Waals surface area contributed by atoms with Gasteiger partial charge in [0, 0.05) is 24.6 Å².